The van der Waals surface area contributed by atoms with Crippen molar-refractivity contribution in [3.8, 4) is 0 Å². The molecule has 140 valence electrons. The van der Waals surface area contributed by atoms with E-state index in [1.807, 2.05) is 42.1 Å². The first-order valence-corrected chi connectivity index (χ1v) is 8.21. The highest BCUT2D eigenvalue weighted by Crippen LogP contribution is 2.21. The molecule has 0 spiro atoms. The van der Waals surface area contributed by atoms with Crippen LogP contribution in [0.1, 0.15) is 10.5 Å². The van der Waals surface area contributed by atoms with E-state index in [-0.39, 0.29) is 24.3 Å². The van der Waals surface area contributed by atoms with Gasteiger partial charge < -0.3 is 31.2 Å². The van der Waals surface area contributed by atoms with E-state index in [1.165, 1.54) is 0 Å². The summed E-state index contributed by atoms with van der Waals surface area (Å²) >= 11 is 0. The Kier molecular flexibility index (Phi) is 4.84. The van der Waals surface area contributed by atoms with Gasteiger partial charge in [0, 0.05) is 37.7 Å². The molecule has 9 nitrogen and oxygen atoms in total. The van der Waals surface area contributed by atoms with Gasteiger partial charge in [0.05, 0.1) is 5.69 Å². The van der Waals surface area contributed by atoms with Crippen molar-refractivity contribution in [2.75, 3.05) is 17.2 Å². The Balaban J connectivity index is 1.72. The van der Waals surface area contributed by atoms with Gasteiger partial charge in [0.25, 0.3) is 5.91 Å². The maximum absolute atomic E-state index is 12.6. The topological polar surface area (TPSA) is 132 Å². The third kappa shape index (κ3) is 4.09. The Morgan fingerprint density at radius 3 is 2.56 bits per heavy atom. The molecule has 0 saturated heterocycles. The highest BCUT2D eigenvalue weighted by atomic mass is 16.2. The number of nitrogens with one attached hydrogen (secondary N) is 2. The zero-order chi connectivity index (χ0) is 19.6. The zero-order valence-corrected chi connectivity index (χ0v) is 15.1. The summed E-state index contributed by atoms with van der Waals surface area (Å²) in [6.07, 6.45) is 3.60. The van der Waals surface area contributed by atoms with Crippen molar-refractivity contribution in [1.29, 1.82) is 0 Å². The summed E-state index contributed by atoms with van der Waals surface area (Å²) in [7, 11) is 3.67. The molecule has 6 N–H and O–H groups in total. The van der Waals surface area contributed by atoms with E-state index in [9.17, 15) is 9.59 Å². The Hall–Kier alpha value is -3.75. The molecule has 0 aliphatic heterocycles. The van der Waals surface area contributed by atoms with Crippen LogP contribution in [0.4, 0.5) is 11.4 Å². The first-order chi connectivity index (χ1) is 12.8. The van der Waals surface area contributed by atoms with E-state index in [0.717, 1.165) is 10.9 Å². The second kappa shape index (κ2) is 7.24. The van der Waals surface area contributed by atoms with Crippen molar-refractivity contribution in [3.05, 3.63) is 48.4 Å². The Labute approximate surface area is 155 Å². The molecule has 0 bridgehead atoms. The number of aliphatic imine (C=N–C) groups is 1. The number of amides is 2. The number of anilines is 2. The van der Waals surface area contributed by atoms with Gasteiger partial charge in [0.15, 0.2) is 5.96 Å². The van der Waals surface area contributed by atoms with E-state index in [1.54, 1.807) is 23.9 Å². The fourth-order valence-electron chi connectivity index (χ4n) is 2.76. The van der Waals surface area contributed by atoms with Gasteiger partial charge in [-0.25, -0.2) is 4.99 Å². The lowest BCUT2D eigenvalue weighted by molar-refractivity contribution is -0.114. The maximum Gasteiger partial charge on any atom is 0.272 e. The van der Waals surface area contributed by atoms with Crippen LogP contribution >= 0.6 is 0 Å². The molecule has 0 atom stereocenters. The van der Waals surface area contributed by atoms with Crippen molar-refractivity contribution >= 4 is 40.1 Å². The van der Waals surface area contributed by atoms with Crippen LogP contribution in [0.3, 0.4) is 0 Å². The predicted octanol–water partition coefficient (Wildman–Crippen LogP) is 0.981. The third-order valence-corrected chi connectivity index (χ3v) is 4.07. The van der Waals surface area contributed by atoms with E-state index in [4.69, 9.17) is 11.5 Å². The molecule has 0 radical (unpaired) electrons. The second-order valence-corrected chi connectivity index (χ2v) is 6.17. The van der Waals surface area contributed by atoms with Crippen molar-refractivity contribution < 1.29 is 9.59 Å². The van der Waals surface area contributed by atoms with Crippen LogP contribution in [0, 0.1) is 0 Å². The molecule has 0 aliphatic carbocycles. The smallest absolute Gasteiger partial charge is 0.272 e. The van der Waals surface area contributed by atoms with Gasteiger partial charge in [-0.2, -0.15) is 0 Å². The summed E-state index contributed by atoms with van der Waals surface area (Å²) in [5.74, 6) is -0.820. The first-order valence-electron chi connectivity index (χ1n) is 8.21. The van der Waals surface area contributed by atoms with Crippen molar-refractivity contribution in [2.24, 2.45) is 30.6 Å². The van der Waals surface area contributed by atoms with Gasteiger partial charge in [-0.1, -0.05) is 6.07 Å². The molecule has 0 aliphatic rings. The number of aromatic nitrogens is 2. The summed E-state index contributed by atoms with van der Waals surface area (Å²) in [5, 5.41) is 6.62. The molecule has 1 aromatic carbocycles. The average Bonchev–Trinajstić information content (AvgIpc) is 3.16. The summed E-state index contributed by atoms with van der Waals surface area (Å²) in [5.41, 5.74) is 13.0. The lowest BCUT2D eigenvalue weighted by Gasteiger charge is -2.07. The Morgan fingerprint density at radius 1 is 1.04 bits per heavy atom. The molecule has 2 heterocycles. The minimum absolute atomic E-state index is 0.159. The van der Waals surface area contributed by atoms with E-state index >= 15 is 0 Å². The molecule has 27 heavy (non-hydrogen) atoms. The van der Waals surface area contributed by atoms with E-state index in [2.05, 4.69) is 15.6 Å². The zero-order valence-electron chi connectivity index (χ0n) is 15.1. The molecular weight excluding hydrogens is 346 g/mol. The SMILES string of the molecule is Cn1cc(NC(=O)CN=C(N)N)cc1C(=O)Nc1ccc2ccn(C)c2c1. The molecule has 3 aromatic rings. The fourth-order valence-corrected chi connectivity index (χ4v) is 2.76. The quantitative estimate of drug-likeness (QED) is 0.395. The van der Waals surface area contributed by atoms with Crippen LogP contribution < -0.4 is 22.1 Å². The number of carbonyl (C=O) groups is 2. The molecule has 2 amide bonds. The van der Waals surface area contributed by atoms with Crippen LogP contribution in [0.15, 0.2) is 47.7 Å². The van der Waals surface area contributed by atoms with Gasteiger partial charge in [0.1, 0.15) is 12.2 Å². The lowest BCUT2D eigenvalue weighted by Crippen LogP contribution is -2.25. The van der Waals surface area contributed by atoms with Crippen LogP contribution in [-0.2, 0) is 18.9 Å². The molecule has 2 aromatic heterocycles. The first kappa shape index (κ1) is 18.1. The summed E-state index contributed by atoms with van der Waals surface area (Å²) in [6, 6.07) is 9.31. The second-order valence-electron chi connectivity index (χ2n) is 6.17. The standard InChI is InChI=1S/C18H21N7O2/c1-24-6-5-11-3-4-12(7-14(11)24)23-17(27)15-8-13(10-25(15)2)22-16(26)9-21-18(19)20/h3-8,10H,9H2,1-2H3,(H,22,26)(H,23,27)(H4,19,20,21). The minimum atomic E-state index is -0.380. The highest BCUT2D eigenvalue weighted by Gasteiger charge is 2.14. The van der Waals surface area contributed by atoms with Crippen LogP contribution in [0.25, 0.3) is 10.9 Å². The van der Waals surface area contributed by atoms with E-state index < -0.39 is 0 Å². The van der Waals surface area contributed by atoms with Crippen molar-refractivity contribution in [2.45, 2.75) is 0 Å². The van der Waals surface area contributed by atoms with Gasteiger partial charge in [-0.05, 0) is 29.7 Å². The number of carbonyl (C=O) groups excluding carboxylic acids is 2. The normalized spacial score (nSPS) is 10.6. The number of nitrogens with zero attached hydrogens (tertiary/aromatic N) is 3. The number of nitrogens with two attached hydrogens (primary N) is 2. The largest absolute Gasteiger partial charge is 0.370 e. The van der Waals surface area contributed by atoms with Crippen LogP contribution in [-0.4, -0.2) is 33.5 Å². The highest BCUT2D eigenvalue weighted by molar-refractivity contribution is 6.05. The van der Waals surface area contributed by atoms with Crippen LogP contribution in [0.5, 0.6) is 0 Å². The Bertz CT molecular complexity index is 1040. The molecule has 0 fully saturated rings. The minimum Gasteiger partial charge on any atom is -0.370 e. The Morgan fingerprint density at radius 2 is 1.81 bits per heavy atom. The molecule has 0 saturated carbocycles. The van der Waals surface area contributed by atoms with Gasteiger partial charge in [-0.15, -0.1) is 0 Å². The van der Waals surface area contributed by atoms with Gasteiger partial charge in [0.2, 0.25) is 5.91 Å². The predicted molar refractivity (Wildman–Crippen MR) is 106 cm³/mol. The molecular formula is C18H21N7O2. The molecule has 0 unspecified atom stereocenters. The van der Waals surface area contributed by atoms with Crippen LogP contribution in [0.2, 0.25) is 0 Å². The number of fused-ring (bicyclic) bond motifs is 1. The average molecular weight is 367 g/mol. The fraction of sp³-hybridized carbons (Fsp3) is 0.167. The maximum atomic E-state index is 12.6. The number of hydrogen-bond acceptors (Lipinski definition) is 3. The third-order valence-electron chi connectivity index (χ3n) is 4.07. The molecule has 9 heteroatoms. The number of guanidine groups is 1. The lowest BCUT2D eigenvalue weighted by atomic mass is 10.2. The molecule has 3 rings (SSSR count). The van der Waals surface area contributed by atoms with Gasteiger partial charge in [-0.3, -0.25) is 9.59 Å². The van der Waals surface area contributed by atoms with Gasteiger partial charge >= 0.3 is 0 Å². The number of benzene rings is 1. The summed E-state index contributed by atoms with van der Waals surface area (Å²) in [4.78, 5) is 28.0. The number of hydrogen-bond donors (Lipinski definition) is 4. The van der Waals surface area contributed by atoms with Crippen molar-refractivity contribution in [3.63, 3.8) is 0 Å². The summed E-state index contributed by atoms with van der Waals surface area (Å²) in [6.45, 7) is -0.185. The number of aryl methyl sites for hydroxylation is 2. The van der Waals surface area contributed by atoms with Crippen molar-refractivity contribution in [1.82, 2.24) is 9.13 Å². The number of rotatable bonds is 5. The monoisotopic (exact) mass is 367 g/mol. The summed E-state index contributed by atoms with van der Waals surface area (Å²) < 4.78 is 3.62. The van der Waals surface area contributed by atoms with E-state index in [0.29, 0.717) is 17.1 Å².